The molecule has 41 heavy (non-hydrogen) atoms. The molecule has 0 bridgehead atoms. The fraction of sp³-hybridized carbons (Fsp3) is 0.222. The van der Waals surface area contributed by atoms with Gasteiger partial charge in [0.1, 0.15) is 17.2 Å². The highest BCUT2D eigenvalue weighted by Crippen LogP contribution is 2.50. The Kier molecular flexibility index (Phi) is 10.5. The van der Waals surface area contributed by atoms with E-state index in [1.807, 2.05) is 0 Å². The highest BCUT2D eigenvalue weighted by Gasteiger charge is 2.34. The smallest absolute Gasteiger partial charge is 0.386 e. The minimum absolute atomic E-state index is 0.0949. The first-order valence-corrected chi connectivity index (χ1v) is 13.7. The van der Waals surface area contributed by atoms with Crippen molar-refractivity contribution in [2.24, 2.45) is 0 Å². The fourth-order valence-electron chi connectivity index (χ4n) is 3.65. The maximum atomic E-state index is 14.2. The van der Waals surface area contributed by atoms with Crippen LogP contribution in [0.3, 0.4) is 0 Å². The number of rotatable bonds is 15. The molecule has 3 amide bonds. The molecule has 0 atom stereocenters. The van der Waals surface area contributed by atoms with Crippen LogP contribution in [0, 0.1) is 0 Å². The van der Waals surface area contributed by atoms with Crippen molar-refractivity contribution in [1.29, 1.82) is 0 Å². The summed E-state index contributed by atoms with van der Waals surface area (Å²) in [5, 5.41) is 8.62. The van der Waals surface area contributed by atoms with Crippen molar-refractivity contribution in [3.63, 3.8) is 0 Å². The summed E-state index contributed by atoms with van der Waals surface area (Å²) >= 11 is 0. The summed E-state index contributed by atoms with van der Waals surface area (Å²) in [7, 11) is 5.62. The van der Waals surface area contributed by atoms with Crippen molar-refractivity contribution in [3.05, 3.63) is 72.8 Å². The van der Waals surface area contributed by atoms with E-state index in [-0.39, 0.29) is 17.2 Å². The Bertz CT molecular complexity index is 1240. The predicted octanol–water partition coefficient (Wildman–Crippen LogP) is 3.65. The Morgan fingerprint density at radius 1 is 0.512 bits per heavy atom. The molecule has 0 aromatic heterocycles. The van der Waals surface area contributed by atoms with Gasteiger partial charge in [0.05, 0.1) is 17.1 Å². The van der Waals surface area contributed by atoms with Gasteiger partial charge in [-0.15, -0.1) is 0 Å². The quantitative estimate of drug-likeness (QED) is 0.149. The summed E-state index contributed by atoms with van der Waals surface area (Å²) in [6.45, 7) is 0. The zero-order chi connectivity index (χ0) is 30.2. The number of carbonyl (C=O) groups excluding carboxylic acids is 3. The summed E-state index contributed by atoms with van der Waals surface area (Å²) in [4.78, 5) is 34.9. The van der Waals surface area contributed by atoms with E-state index in [0.717, 1.165) is 0 Å². The third kappa shape index (κ3) is 8.05. The average Bonchev–Trinajstić information content (AvgIpc) is 2.90. The number of phosphoric ester groups is 1. The molecule has 13 nitrogen and oxygen atoms in total. The highest BCUT2D eigenvalue weighted by atomic mass is 31.2. The van der Waals surface area contributed by atoms with Gasteiger partial charge in [-0.25, -0.2) is 30.1 Å². The molecule has 3 aromatic rings. The monoisotopic (exact) mass is 584 g/mol. The van der Waals surface area contributed by atoms with Gasteiger partial charge in [-0.3, -0.25) is 14.4 Å². The van der Waals surface area contributed by atoms with Crippen molar-refractivity contribution in [3.8, 4) is 17.2 Å². The van der Waals surface area contributed by atoms with Gasteiger partial charge in [0.25, 0.3) is 0 Å². The normalized spacial score (nSPS) is 11.2. The lowest BCUT2D eigenvalue weighted by Crippen LogP contribution is -2.35. The fourth-order valence-corrected chi connectivity index (χ4v) is 4.88. The van der Waals surface area contributed by atoms with Gasteiger partial charge >= 0.3 is 7.82 Å². The number of amides is 3. The summed E-state index contributed by atoms with van der Waals surface area (Å²) in [6.07, 6.45) is 1.86. The molecule has 0 aliphatic carbocycles. The molecule has 0 aliphatic heterocycles. The standard InChI is InChI=1S/C27H33N6O7P/c1-28(2)31(19-34)22-10-7-13-25(16-22)38-41(37,39-26-14-8-11-23(17-26)32(20-35)29(3)4)40-27-15-9-12-24(18-27)33(21-36)30(5)6/h7-21H,1-6H3. The Hall–Kier alpha value is -4.42. The first kappa shape index (κ1) is 31.1. The van der Waals surface area contributed by atoms with Crippen molar-refractivity contribution in [1.82, 2.24) is 15.0 Å². The lowest BCUT2D eigenvalue weighted by atomic mass is 10.3. The maximum Gasteiger partial charge on any atom is 0.647 e. The topological polar surface area (TPSA) is 115 Å². The lowest BCUT2D eigenvalue weighted by molar-refractivity contribution is -0.110. The maximum absolute atomic E-state index is 14.2. The molecule has 0 saturated heterocycles. The van der Waals surface area contributed by atoms with E-state index in [4.69, 9.17) is 13.6 Å². The van der Waals surface area contributed by atoms with Crippen molar-refractivity contribution in [2.75, 3.05) is 57.3 Å². The van der Waals surface area contributed by atoms with Crippen LogP contribution in [-0.2, 0) is 18.9 Å². The van der Waals surface area contributed by atoms with Crippen molar-refractivity contribution in [2.45, 2.75) is 0 Å². The summed E-state index contributed by atoms with van der Waals surface area (Å²) < 4.78 is 31.7. The van der Waals surface area contributed by atoms with Crippen LogP contribution in [0.5, 0.6) is 17.2 Å². The predicted molar refractivity (Wildman–Crippen MR) is 156 cm³/mol. The van der Waals surface area contributed by atoms with Gasteiger partial charge < -0.3 is 13.6 Å². The van der Waals surface area contributed by atoms with E-state index in [1.54, 1.807) is 93.7 Å². The molecule has 218 valence electrons. The van der Waals surface area contributed by atoms with Crippen LogP contribution in [0.15, 0.2) is 72.8 Å². The number of phosphoric acid groups is 1. The van der Waals surface area contributed by atoms with Crippen LogP contribution in [0.1, 0.15) is 0 Å². The van der Waals surface area contributed by atoms with Crippen molar-refractivity contribution < 1.29 is 32.5 Å². The van der Waals surface area contributed by atoms with E-state index in [9.17, 15) is 18.9 Å². The first-order valence-electron chi connectivity index (χ1n) is 12.2. The highest BCUT2D eigenvalue weighted by molar-refractivity contribution is 7.49. The molecular formula is C27H33N6O7P. The minimum atomic E-state index is -4.49. The lowest BCUT2D eigenvalue weighted by Gasteiger charge is -2.26. The third-order valence-corrected chi connectivity index (χ3v) is 6.79. The van der Waals surface area contributed by atoms with Gasteiger partial charge in [0, 0.05) is 60.5 Å². The summed E-state index contributed by atoms with van der Waals surface area (Å²) in [5.41, 5.74) is 1.33. The first-order chi connectivity index (χ1) is 19.5. The van der Waals surface area contributed by atoms with Crippen LogP contribution in [-0.4, -0.2) is 76.5 Å². The molecule has 0 heterocycles. The van der Waals surface area contributed by atoms with Gasteiger partial charge in [0.2, 0.25) is 19.2 Å². The van der Waals surface area contributed by atoms with Gasteiger partial charge in [-0.2, -0.15) is 4.57 Å². The van der Waals surface area contributed by atoms with Gasteiger partial charge in [0.15, 0.2) is 0 Å². The molecule has 0 spiro atoms. The minimum Gasteiger partial charge on any atom is -0.386 e. The van der Waals surface area contributed by atoms with Crippen LogP contribution < -0.4 is 28.6 Å². The molecule has 3 rings (SSSR count). The Labute approximate surface area is 239 Å². The molecule has 0 fully saturated rings. The second kappa shape index (κ2) is 13.8. The molecule has 0 N–H and O–H groups in total. The number of hydrazine groups is 3. The van der Waals surface area contributed by atoms with E-state index in [2.05, 4.69) is 0 Å². The number of hydrogen-bond acceptors (Lipinski definition) is 10. The largest absolute Gasteiger partial charge is 0.647 e. The SMILES string of the molecule is CN(C)N(C=O)c1cccc(OP(=O)(Oc2cccc(N(C=O)N(C)C)c2)Oc2cccc(N(C=O)N(C)C)c2)c1. The number of carbonyl (C=O) groups is 3. The molecular weight excluding hydrogens is 551 g/mol. The molecule has 0 unspecified atom stereocenters. The molecule has 0 radical (unpaired) electrons. The number of nitrogens with zero attached hydrogens (tertiary/aromatic N) is 6. The molecule has 0 saturated carbocycles. The molecule has 3 aromatic carbocycles. The number of benzene rings is 3. The number of anilines is 3. The van der Waals surface area contributed by atoms with Crippen molar-refractivity contribution >= 4 is 44.1 Å². The average molecular weight is 585 g/mol. The summed E-state index contributed by atoms with van der Waals surface area (Å²) in [6, 6.07) is 19.0. The molecule has 0 aliphatic rings. The van der Waals surface area contributed by atoms with E-state index in [1.165, 1.54) is 51.4 Å². The van der Waals surface area contributed by atoms with Crippen LogP contribution >= 0.6 is 7.82 Å². The Morgan fingerprint density at radius 3 is 1.00 bits per heavy atom. The van der Waals surface area contributed by atoms with E-state index < -0.39 is 7.82 Å². The Morgan fingerprint density at radius 2 is 0.780 bits per heavy atom. The number of hydrogen-bond donors (Lipinski definition) is 0. The van der Waals surface area contributed by atoms with E-state index in [0.29, 0.717) is 36.3 Å². The van der Waals surface area contributed by atoms with E-state index >= 15 is 0 Å². The third-order valence-electron chi connectivity index (χ3n) is 5.49. The molecule has 14 heteroatoms. The second-order valence-electron chi connectivity index (χ2n) is 9.10. The van der Waals surface area contributed by atoms with Crippen LogP contribution in [0.2, 0.25) is 0 Å². The second-order valence-corrected chi connectivity index (χ2v) is 10.5. The van der Waals surface area contributed by atoms with Crippen LogP contribution in [0.4, 0.5) is 17.1 Å². The zero-order valence-corrected chi connectivity index (χ0v) is 24.5. The van der Waals surface area contributed by atoms with Gasteiger partial charge in [-0.05, 0) is 36.4 Å². The van der Waals surface area contributed by atoms with Gasteiger partial charge in [-0.1, -0.05) is 18.2 Å². The Balaban J connectivity index is 2.03. The van der Waals surface area contributed by atoms with Crippen LogP contribution in [0.25, 0.3) is 0 Å². The zero-order valence-electron chi connectivity index (χ0n) is 23.6. The summed E-state index contributed by atoms with van der Waals surface area (Å²) in [5.74, 6) is 0.285.